The second kappa shape index (κ2) is 9.80. The van der Waals surface area contributed by atoms with Crippen molar-refractivity contribution in [2.45, 2.75) is 38.7 Å². The number of rotatable bonds is 6. The molecule has 1 saturated heterocycles. The average Bonchev–Trinajstić information content (AvgIpc) is 3.13. The van der Waals surface area contributed by atoms with Gasteiger partial charge in [0.05, 0.1) is 5.56 Å². The Bertz CT molecular complexity index is 942. The first-order valence-corrected chi connectivity index (χ1v) is 9.92. The molecule has 166 valence electrons. The maximum Gasteiger partial charge on any atom is 0.416 e. The second-order valence-electron chi connectivity index (χ2n) is 7.31. The number of amides is 1. The molecule has 0 spiro atoms. The number of nitrogens with zero attached hydrogens (tertiary/aromatic N) is 2. The largest absolute Gasteiger partial charge is 0.416 e. The molecule has 0 saturated carbocycles. The SMILES string of the molecule is CN=C(NCc1ccc(CN2CCCC2=O)cc1)NCc1ccc(F)cc1C(F)(F)F. The molecule has 5 nitrogen and oxygen atoms in total. The van der Waals surface area contributed by atoms with Gasteiger partial charge in [-0.3, -0.25) is 9.79 Å². The summed E-state index contributed by atoms with van der Waals surface area (Å²) in [7, 11) is 1.51. The minimum atomic E-state index is -4.64. The predicted octanol–water partition coefficient (Wildman–Crippen LogP) is 3.83. The summed E-state index contributed by atoms with van der Waals surface area (Å²) in [5.74, 6) is -0.434. The third kappa shape index (κ3) is 6.19. The maximum atomic E-state index is 13.2. The Kier molecular flexibility index (Phi) is 7.14. The van der Waals surface area contributed by atoms with Crippen LogP contribution < -0.4 is 10.6 Å². The highest BCUT2D eigenvalue weighted by molar-refractivity contribution is 5.79. The van der Waals surface area contributed by atoms with E-state index in [2.05, 4.69) is 15.6 Å². The van der Waals surface area contributed by atoms with Gasteiger partial charge in [0, 0.05) is 39.6 Å². The molecule has 2 N–H and O–H groups in total. The Labute approximate surface area is 178 Å². The Hall–Kier alpha value is -3.10. The van der Waals surface area contributed by atoms with Crippen molar-refractivity contribution in [3.05, 3.63) is 70.5 Å². The van der Waals surface area contributed by atoms with E-state index in [1.165, 1.54) is 7.05 Å². The van der Waals surface area contributed by atoms with Crippen LogP contribution in [0.5, 0.6) is 0 Å². The third-order valence-electron chi connectivity index (χ3n) is 5.07. The van der Waals surface area contributed by atoms with Crippen LogP contribution in [0.2, 0.25) is 0 Å². The molecule has 2 aromatic rings. The summed E-state index contributed by atoms with van der Waals surface area (Å²) in [4.78, 5) is 17.6. The molecule has 1 aliphatic rings. The van der Waals surface area contributed by atoms with Gasteiger partial charge < -0.3 is 15.5 Å². The molecule has 2 aromatic carbocycles. The first-order chi connectivity index (χ1) is 14.8. The van der Waals surface area contributed by atoms with E-state index >= 15 is 0 Å². The molecule has 1 fully saturated rings. The van der Waals surface area contributed by atoms with Crippen LogP contribution in [-0.4, -0.2) is 30.4 Å². The fourth-order valence-corrected chi connectivity index (χ4v) is 3.41. The Balaban J connectivity index is 1.54. The Morgan fingerprint density at radius 3 is 2.35 bits per heavy atom. The van der Waals surface area contributed by atoms with Gasteiger partial charge in [0.2, 0.25) is 5.91 Å². The van der Waals surface area contributed by atoms with E-state index < -0.39 is 17.6 Å². The van der Waals surface area contributed by atoms with Crippen LogP contribution in [0.4, 0.5) is 17.6 Å². The van der Waals surface area contributed by atoms with Gasteiger partial charge in [-0.1, -0.05) is 30.3 Å². The van der Waals surface area contributed by atoms with Gasteiger partial charge in [0.1, 0.15) is 5.82 Å². The third-order valence-corrected chi connectivity index (χ3v) is 5.07. The zero-order valence-corrected chi connectivity index (χ0v) is 17.1. The lowest BCUT2D eigenvalue weighted by Crippen LogP contribution is -2.36. The summed E-state index contributed by atoms with van der Waals surface area (Å²) in [6.07, 6.45) is -3.14. The van der Waals surface area contributed by atoms with Gasteiger partial charge in [0.25, 0.3) is 0 Å². The topological polar surface area (TPSA) is 56.7 Å². The van der Waals surface area contributed by atoms with Crippen molar-refractivity contribution < 1.29 is 22.4 Å². The van der Waals surface area contributed by atoms with E-state index in [9.17, 15) is 22.4 Å². The molecule has 31 heavy (non-hydrogen) atoms. The summed E-state index contributed by atoms with van der Waals surface area (Å²) in [5.41, 5.74) is 0.912. The number of halogens is 4. The highest BCUT2D eigenvalue weighted by Gasteiger charge is 2.33. The van der Waals surface area contributed by atoms with Crippen molar-refractivity contribution in [1.82, 2.24) is 15.5 Å². The smallest absolute Gasteiger partial charge is 0.352 e. The number of hydrogen-bond donors (Lipinski definition) is 2. The van der Waals surface area contributed by atoms with Gasteiger partial charge in [-0.2, -0.15) is 13.2 Å². The van der Waals surface area contributed by atoms with Gasteiger partial charge in [-0.05, 0) is 35.2 Å². The molecule has 0 atom stereocenters. The van der Waals surface area contributed by atoms with E-state index in [-0.39, 0.29) is 18.0 Å². The van der Waals surface area contributed by atoms with Gasteiger partial charge >= 0.3 is 6.18 Å². The van der Waals surface area contributed by atoms with Crippen LogP contribution in [-0.2, 0) is 30.6 Å². The first kappa shape index (κ1) is 22.6. The number of hydrogen-bond acceptors (Lipinski definition) is 2. The van der Waals surface area contributed by atoms with Crippen LogP contribution in [0.1, 0.15) is 35.1 Å². The highest BCUT2D eigenvalue weighted by atomic mass is 19.4. The van der Waals surface area contributed by atoms with E-state index in [1.807, 2.05) is 29.2 Å². The number of carbonyl (C=O) groups is 1. The molecular weight excluding hydrogens is 412 g/mol. The molecule has 0 aromatic heterocycles. The number of likely N-dealkylation sites (tertiary alicyclic amines) is 1. The zero-order chi connectivity index (χ0) is 22.4. The van der Waals surface area contributed by atoms with Crippen LogP contribution in [0.25, 0.3) is 0 Å². The van der Waals surface area contributed by atoms with Crippen molar-refractivity contribution in [2.75, 3.05) is 13.6 Å². The highest BCUT2D eigenvalue weighted by Crippen LogP contribution is 2.32. The van der Waals surface area contributed by atoms with Crippen LogP contribution in [0.15, 0.2) is 47.5 Å². The molecule has 0 unspecified atom stereocenters. The lowest BCUT2D eigenvalue weighted by Gasteiger charge is -2.17. The van der Waals surface area contributed by atoms with Crippen LogP contribution in [0, 0.1) is 5.82 Å². The minimum absolute atomic E-state index is 0.0716. The van der Waals surface area contributed by atoms with Gasteiger partial charge in [-0.15, -0.1) is 0 Å². The van der Waals surface area contributed by atoms with Gasteiger partial charge in [0.15, 0.2) is 5.96 Å². The standard InChI is InChI=1S/C22H24F4N4O/c1-27-21(29-13-17-8-9-18(23)11-19(17)22(24,25)26)28-12-15-4-6-16(7-5-15)14-30-10-2-3-20(30)31/h4-9,11H,2-3,10,12-14H2,1H3,(H2,27,28,29). The van der Waals surface area contributed by atoms with Crippen LogP contribution >= 0.6 is 0 Å². The fourth-order valence-electron chi connectivity index (χ4n) is 3.41. The minimum Gasteiger partial charge on any atom is -0.352 e. The maximum absolute atomic E-state index is 13.2. The summed E-state index contributed by atoms with van der Waals surface area (Å²) in [6, 6.07) is 10.4. The Morgan fingerprint density at radius 2 is 1.74 bits per heavy atom. The van der Waals surface area contributed by atoms with Crippen molar-refractivity contribution in [2.24, 2.45) is 4.99 Å². The predicted molar refractivity (Wildman–Crippen MR) is 110 cm³/mol. The number of alkyl halides is 3. The zero-order valence-electron chi connectivity index (χ0n) is 17.1. The molecule has 1 amide bonds. The lowest BCUT2D eigenvalue weighted by atomic mass is 10.1. The normalized spacial score (nSPS) is 14.8. The van der Waals surface area contributed by atoms with Crippen molar-refractivity contribution in [3.63, 3.8) is 0 Å². The monoisotopic (exact) mass is 436 g/mol. The molecule has 1 heterocycles. The second-order valence-corrected chi connectivity index (χ2v) is 7.31. The average molecular weight is 436 g/mol. The van der Waals surface area contributed by atoms with Crippen molar-refractivity contribution >= 4 is 11.9 Å². The van der Waals surface area contributed by atoms with Crippen molar-refractivity contribution in [3.8, 4) is 0 Å². The van der Waals surface area contributed by atoms with E-state index in [0.717, 1.165) is 36.2 Å². The molecule has 0 aliphatic carbocycles. The molecular formula is C22H24F4N4O. The fraction of sp³-hybridized carbons (Fsp3) is 0.364. The number of carbonyl (C=O) groups excluding carboxylic acids is 1. The summed E-state index contributed by atoms with van der Waals surface area (Å²) in [6.45, 7) is 1.64. The molecule has 1 aliphatic heterocycles. The first-order valence-electron chi connectivity index (χ1n) is 9.92. The number of nitrogens with one attached hydrogen (secondary N) is 2. The molecule has 0 bridgehead atoms. The molecule has 9 heteroatoms. The number of benzene rings is 2. The number of aliphatic imine (C=N–C) groups is 1. The van der Waals surface area contributed by atoms with E-state index in [1.54, 1.807) is 0 Å². The summed E-state index contributed by atoms with van der Waals surface area (Å²) in [5, 5.41) is 5.87. The van der Waals surface area contributed by atoms with E-state index in [0.29, 0.717) is 31.5 Å². The summed E-state index contributed by atoms with van der Waals surface area (Å²) < 4.78 is 52.6. The molecule has 3 rings (SSSR count). The van der Waals surface area contributed by atoms with Gasteiger partial charge in [-0.25, -0.2) is 4.39 Å². The number of guanidine groups is 1. The quantitative estimate of drug-likeness (QED) is 0.411. The summed E-state index contributed by atoms with van der Waals surface area (Å²) >= 11 is 0. The van der Waals surface area contributed by atoms with Crippen molar-refractivity contribution in [1.29, 1.82) is 0 Å². The van der Waals surface area contributed by atoms with E-state index in [4.69, 9.17) is 0 Å². The van der Waals surface area contributed by atoms with Crippen LogP contribution in [0.3, 0.4) is 0 Å². The lowest BCUT2D eigenvalue weighted by molar-refractivity contribution is -0.138. The molecule has 0 radical (unpaired) electrons. The Morgan fingerprint density at radius 1 is 1.06 bits per heavy atom.